The van der Waals surface area contributed by atoms with Crippen LogP contribution in [0.2, 0.25) is 0 Å². The highest BCUT2D eigenvalue weighted by atomic mass is 32.1. The van der Waals surface area contributed by atoms with Crippen molar-refractivity contribution in [1.82, 2.24) is 0 Å². The van der Waals surface area contributed by atoms with Crippen LogP contribution in [0.1, 0.15) is 33.5 Å². The number of fused-ring (bicyclic) bond motifs is 1. The summed E-state index contributed by atoms with van der Waals surface area (Å²) in [5.41, 5.74) is 7.71. The quantitative estimate of drug-likeness (QED) is 0.828. The first-order valence-electron chi connectivity index (χ1n) is 7.01. The van der Waals surface area contributed by atoms with E-state index in [9.17, 15) is 9.18 Å². The first-order chi connectivity index (χ1) is 10.0. The van der Waals surface area contributed by atoms with Crippen LogP contribution in [0.5, 0.6) is 0 Å². The van der Waals surface area contributed by atoms with Gasteiger partial charge >= 0.3 is 0 Å². The lowest BCUT2D eigenvalue weighted by Crippen LogP contribution is -2.12. The molecule has 1 amide bonds. The summed E-state index contributed by atoms with van der Waals surface area (Å²) in [4.78, 5) is 14.3. The molecule has 1 aromatic heterocycles. The molecule has 0 saturated carbocycles. The van der Waals surface area contributed by atoms with Gasteiger partial charge in [-0.3, -0.25) is 4.79 Å². The van der Waals surface area contributed by atoms with Crippen molar-refractivity contribution >= 4 is 28.6 Å². The number of benzene rings is 1. The van der Waals surface area contributed by atoms with Crippen molar-refractivity contribution in [3.8, 4) is 0 Å². The van der Waals surface area contributed by atoms with Crippen LogP contribution >= 0.6 is 11.3 Å². The number of nitrogens with two attached hydrogens (primary N) is 1. The molecule has 1 atom stereocenters. The highest BCUT2D eigenvalue weighted by molar-refractivity contribution is 7.14. The fourth-order valence-corrected chi connectivity index (χ4v) is 3.74. The van der Waals surface area contributed by atoms with Crippen molar-refractivity contribution in [1.29, 1.82) is 0 Å². The molecule has 0 spiro atoms. The number of nitrogen functional groups attached to an aromatic ring is 1. The molecular formula is C16H17FN2OS. The van der Waals surface area contributed by atoms with E-state index >= 15 is 0 Å². The van der Waals surface area contributed by atoms with Crippen LogP contribution in [-0.4, -0.2) is 5.91 Å². The second-order valence-electron chi connectivity index (χ2n) is 5.59. The average molecular weight is 304 g/mol. The van der Waals surface area contributed by atoms with E-state index < -0.39 is 5.82 Å². The summed E-state index contributed by atoms with van der Waals surface area (Å²) in [6.45, 7) is 2.23. The van der Waals surface area contributed by atoms with Crippen LogP contribution in [0.3, 0.4) is 0 Å². The summed E-state index contributed by atoms with van der Waals surface area (Å²) in [5, 5.41) is 2.69. The maximum Gasteiger partial charge on any atom is 0.265 e. The standard InChI is InChI=1S/C16H17FN2OS/c1-9-2-5-14-10(6-9)7-15(21-14)16(20)19-13-8-11(17)3-4-12(13)18/h3-4,7-9H,2,5-6,18H2,1H3,(H,19,20). The fourth-order valence-electron chi connectivity index (χ4n) is 2.64. The van der Waals surface area contributed by atoms with Gasteiger partial charge in [0.25, 0.3) is 5.91 Å². The zero-order valence-corrected chi connectivity index (χ0v) is 12.6. The fraction of sp³-hybridized carbons (Fsp3) is 0.312. The van der Waals surface area contributed by atoms with Crippen molar-refractivity contribution in [3.63, 3.8) is 0 Å². The normalized spacial score (nSPS) is 17.3. The van der Waals surface area contributed by atoms with Crippen molar-refractivity contribution in [2.75, 3.05) is 11.1 Å². The predicted molar refractivity (Wildman–Crippen MR) is 84.3 cm³/mol. The van der Waals surface area contributed by atoms with Crippen LogP contribution in [0, 0.1) is 11.7 Å². The van der Waals surface area contributed by atoms with Gasteiger partial charge in [0, 0.05) is 4.88 Å². The lowest BCUT2D eigenvalue weighted by atomic mass is 9.90. The maximum atomic E-state index is 13.2. The monoisotopic (exact) mass is 304 g/mol. The number of hydrogen-bond acceptors (Lipinski definition) is 3. The molecule has 0 bridgehead atoms. The third kappa shape index (κ3) is 2.93. The zero-order valence-electron chi connectivity index (χ0n) is 11.8. The van der Waals surface area contributed by atoms with Crippen molar-refractivity contribution in [2.24, 2.45) is 5.92 Å². The molecule has 1 aliphatic rings. The van der Waals surface area contributed by atoms with Crippen LogP contribution in [0.15, 0.2) is 24.3 Å². The molecule has 0 saturated heterocycles. The number of carbonyl (C=O) groups excluding carboxylic acids is 1. The molecule has 5 heteroatoms. The van der Waals surface area contributed by atoms with Crippen molar-refractivity contribution < 1.29 is 9.18 Å². The van der Waals surface area contributed by atoms with E-state index in [1.54, 1.807) is 0 Å². The zero-order chi connectivity index (χ0) is 15.0. The van der Waals surface area contributed by atoms with Gasteiger partial charge in [-0.2, -0.15) is 0 Å². The Morgan fingerprint density at radius 2 is 2.24 bits per heavy atom. The van der Waals surface area contributed by atoms with Crippen LogP contribution in [-0.2, 0) is 12.8 Å². The summed E-state index contributed by atoms with van der Waals surface area (Å²) in [6, 6.07) is 5.92. The molecule has 0 fully saturated rings. The Bertz CT molecular complexity index is 696. The summed E-state index contributed by atoms with van der Waals surface area (Å²) in [6.07, 6.45) is 3.24. The second-order valence-corrected chi connectivity index (χ2v) is 6.73. The number of thiophene rings is 1. The SMILES string of the molecule is CC1CCc2sc(C(=O)Nc3cc(F)ccc3N)cc2C1. The Balaban J connectivity index is 1.81. The van der Waals surface area contributed by atoms with Crippen LogP contribution < -0.4 is 11.1 Å². The molecule has 1 aliphatic carbocycles. The largest absolute Gasteiger partial charge is 0.397 e. The Morgan fingerprint density at radius 3 is 3.05 bits per heavy atom. The highest BCUT2D eigenvalue weighted by Gasteiger charge is 2.21. The van der Waals surface area contributed by atoms with Gasteiger partial charge < -0.3 is 11.1 Å². The van der Waals surface area contributed by atoms with Gasteiger partial charge in [-0.1, -0.05) is 6.92 Å². The Kier molecular flexibility index (Phi) is 3.68. The second kappa shape index (κ2) is 5.48. The number of aryl methyl sites for hydroxylation is 1. The molecule has 1 aromatic carbocycles. The minimum atomic E-state index is -0.418. The van der Waals surface area contributed by atoms with E-state index in [0.717, 1.165) is 12.8 Å². The molecule has 3 nitrogen and oxygen atoms in total. The first-order valence-corrected chi connectivity index (χ1v) is 7.82. The van der Waals surface area contributed by atoms with Gasteiger partial charge in [-0.25, -0.2) is 4.39 Å². The number of rotatable bonds is 2. The van der Waals surface area contributed by atoms with Gasteiger partial charge in [-0.15, -0.1) is 11.3 Å². The summed E-state index contributed by atoms with van der Waals surface area (Å²) >= 11 is 1.53. The summed E-state index contributed by atoms with van der Waals surface area (Å²) in [7, 11) is 0. The molecule has 2 aromatic rings. The van der Waals surface area contributed by atoms with E-state index in [1.807, 2.05) is 6.07 Å². The lowest BCUT2D eigenvalue weighted by Gasteiger charge is -2.16. The number of hydrogen-bond donors (Lipinski definition) is 2. The minimum absolute atomic E-state index is 0.223. The van der Waals surface area contributed by atoms with Gasteiger partial charge in [0.05, 0.1) is 16.3 Å². The predicted octanol–water partition coefficient (Wildman–Crippen LogP) is 3.85. The number of halogens is 1. The smallest absolute Gasteiger partial charge is 0.265 e. The van der Waals surface area contributed by atoms with Gasteiger partial charge in [0.1, 0.15) is 5.82 Å². The number of amides is 1. The molecule has 0 aliphatic heterocycles. The number of anilines is 2. The molecule has 21 heavy (non-hydrogen) atoms. The van der Waals surface area contributed by atoms with E-state index in [4.69, 9.17) is 5.73 Å². The average Bonchev–Trinajstić information content (AvgIpc) is 2.86. The summed E-state index contributed by atoms with van der Waals surface area (Å²) < 4.78 is 13.2. The number of carbonyl (C=O) groups is 1. The Labute approximate surface area is 127 Å². The van der Waals surface area contributed by atoms with Crippen LogP contribution in [0.4, 0.5) is 15.8 Å². The molecule has 3 rings (SSSR count). The molecular weight excluding hydrogens is 287 g/mol. The Morgan fingerprint density at radius 1 is 1.43 bits per heavy atom. The summed E-state index contributed by atoms with van der Waals surface area (Å²) in [5.74, 6) is 0.0278. The van der Waals surface area contributed by atoms with Gasteiger partial charge in [0.2, 0.25) is 0 Å². The molecule has 3 N–H and O–H groups in total. The van der Waals surface area contributed by atoms with Crippen LogP contribution in [0.25, 0.3) is 0 Å². The first kappa shape index (κ1) is 14.1. The molecule has 1 unspecified atom stereocenters. The number of nitrogens with one attached hydrogen (secondary N) is 1. The lowest BCUT2D eigenvalue weighted by molar-refractivity contribution is 0.103. The van der Waals surface area contributed by atoms with E-state index in [2.05, 4.69) is 12.2 Å². The molecule has 110 valence electrons. The van der Waals surface area contributed by atoms with E-state index in [-0.39, 0.29) is 5.91 Å². The van der Waals surface area contributed by atoms with E-state index in [0.29, 0.717) is 22.2 Å². The van der Waals surface area contributed by atoms with Gasteiger partial charge in [-0.05, 0) is 55.0 Å². The minimum Gasteiger partial charge on any atom is -0.397 e. The topological polar surface area (TPSA) is 55.1 Å². The highest BCUT2D eigenvalue weighted by Crippen LogP contribution is 2.32. The molecule has 0 radical (unpaired) electrons. The molecule has 1 heterocycles. The van der Waals surface area contributed by atoms with Crippen molar-refractivity contribution in [2.45, 2.75) is 26.2 Å². The Hall–Kier alpha value is -1.88. The van der Waals surface area contributed by atoms with Crippen molar-refractivity contribution in [3.05, 3.63) is 45.4 Å². The van der Waals surface area contributed by atoms with Gasteiger partial charge in [0.15, 0.2) is 0 Å². The third-order valence-electron chi connectivity index (χ3n) is 3.82. The maximum absolute atomic E-state index is 13.2. The third-order valence-corrected chi connectivity index (χ3v) is 5.05. The van der Waals surface area contributed by atoms with E-state index in [1.165, 1.54) is 46.4 Å².